The molecule has 0 spiro atoms. The Morgan fingerprint density at radius 3 is 1.57 bits per heavy atom. The van der Waals surface area contributed by atoms with Crippen molar-refractivity contribution in [3.8, 4) is 0 Å². The number of aliphatic hydroxyl groups is 1. The molecule has 9 heteroatoms. The molecule has 0 aliphatic carbocycles. The zero-order chi connectivity index (χ0) is 41.4. The lowest BCUT2D eigenvalue weighted by Crippen LogP contribution is -2.46. The number of likely N-dealkylation sites (N-methyl/N-ethyl adjacent to an activating group) is 1. The van der Waals surface area contributed by atoms with E-state index in [4.69, 9.17) is 9.05 Å². The minimum atomic E-state index is -4.57. The molecule has 56 heavy (non-hydrogen) atoms. The summed E-state index contributed by atoms with van der Waals surface area (Å²) in [6, 6.07) is -0.822. The Kier molecular flexibility index (Phi) is 36.6. The number of allylic oxidation sites excluding steroid dienone is 14. The standard InChI is InChI=1S/C47H83N2O6P/c1-6-8-10-12-14-16-17-18-19-20-21-22-23-24-25-26-27-28-29-30-31-33-35-37-39-41-47(51)48-45(44-55-56(52,53)54-43-42-49(3,4)5)46(50)40-38-36-34-32-15-13-11-9-7-2/h8,10,14,16,18-19,21-22,24-25,27-28,30-31,45-46,50H,6-7,9,11-13,15,17,20,23,26,29,32-44H2,1-5H3,(H-,48,51,52,53)/b10-8-,16-14-,19-18-,22-21-,25-24-,28-27-,31-30-. The van der Waals surface area contributed by atoms with E-state index < -0.39 is 20.0 Å². The highest BCUT2D eigenvalue weighted by Gasteiger charge is 2.24. The Morgan fingerprint density at radius 1 is 0.643 bits per heavy atom. The molecule has 0 fully saturated rings. The van der Waals surface area contributed by atoms with Gasteiger partial charge in [0.15, 0.2) is 0 Å². The van der Waals surface area contributed by atoms with Crippen molar-refractivity contribution in [1.29, 1.82) is 0 Å². The number of hydrogen-bond donors (Lipinski definition) is 2. The average molecular weight is 803 g/mol. The van der Waals surface area contributed by atoms with Gasteiger partial charge in [-0.05, 0) is 70.6 Å². The van der Waals surface area contributed by atoms with Gasteiger partial charge in [0.05, 0.1) is 39.9 Å². The number of amides is 1. The molecule has 0 aliphatic heterocycles. The molecule has 0 aromatic carbocycles. The number of phosphoric ester groups is 1. The number of carbonyl (C=O) groups is 1. The molecule has 0 radical (unpaired) electrons. The number of rotatable bonds is 38. The smallest absolute Gasteiger partial charge is 0.268 e. The Bertz CT molecular complexity index is 1180. The number of hydrogen-bond acceptors (Lipinski definition) is 6. The van der Waals surface area contributed by atoms with Crippen molar-refractivity contribution in [2.75, 3.05) is 40.9 Å². The minimum Gasteiger partial charge on any atom is -0.756 e. The van der Waals surface area contributed by atoms with Crippen LogP contribution in [0.4, 0.5) is 0 Å². The maximum atomic E-state index is 12.8. The van der Waals surface area contributed by atoms with Gasteiger partial charge in [0.2, 0.25) is 5.91 Å². The van der Waals surface area contributed by atoms with Gasteiger partial charge in [-0.25, -0.2) is 0 Å². The molecule has 0 bridgehead atoms. The molecule has 0 saturated carbocycles. The predicted molar refractivity (Wildman–Crippen MR) is 237 cm³/mol. The molecule has 322 valence electrons. The van der Waals surface area contributed by atoms with Crippen LogP contribution in [0.2, 0.25) is 0 Å². The van der Waals surface area contributed by atoms with Crippen LogP contribution in [-0.4, -0.2) is 68.5 Å². The van der Waals surface area contributed by atoms with Gasteiger partial charge in [-0.3, -0.25) is 9.36 Å². The van der Waals surface area contributed by atoms with Gasteiger partial charge < -0.3 is 28.8 Å². The van der Waals surface area contributed by atoms with E-state index in [0.717, 1.165) is 89.9 Å². The molecule has 0 saturated heterocycles. The van der Waals surface area contributed by atoms with Gasteiger partial charge in [-0.2, -0.15) is 0 Å². The summed E-state index contributed by atoms with van der Waals surface area (Å²) in [4.78, 5) is 25.2. The zero-order valence-electron chi connectivity index (χ0n) is 36.3. The lowest BCUT2D eigenvalue weighted by molar-refractivity contribution is -0.870. The number of aliphatic hydroxyl groups excluding tert-OH is 1. The van der Waals surface area contributed by atoms with E-state index in [1.54, 1.807) is 0 Å². The fourth-order valence-corrected chi connectivity index (χ4v) is 6.39. The van der Waals surface area contributed by atoms with Gasteiger partial charge in [0, 0.05) is 6.42 Å². The van der Waals surface area contributed by atoms with E-state index in [0.29, 0.717) is 23.9 Å². The normalized spacial score (nSPS) is 15.2. The van der Waals surface area contributed by atoms with Gasteiger partial charge >= 0.3 is 0 Å². The highest BCUT2D eigenvalue weighted by atomic mass is 31.2. The minimum absolute atomic E-state index is 0.00000255. The molecule has 2 N–H and O–H groups in total. The van der Waals surface area contributed by atoms with E-state index in [1.165, 1.54) is 38.5 Å². The topological polar surface area (TPSA) is 108 Å². The molecular weight excluding hydrogens is 719 g/mol. The van der Waals surface area contributed by atoms with Crippen molar-refractivity contribution in [3.63, 3.8) is 0 Å². The Labute approximate surface area is 344 Å². The third kappa shape index (κ3) is 39.9. The number of carbonyl (C=O) groups excluding carboxylic acids is 1. The second-order valence-electron chi connectivity index (χ2n) is 15.7. The summed E-state index contributed by atoms with van der Waals surface area (Å²) in [5.74, 6) is -0.204. The Morgan fingerprint density at radius 2 is 1.09 bits per heavy atom. The highest BCUT2D eigenvalue weighted by molar-refractivity contribution is 7.45. The van der Waals surface area contributed by atoms with Crippen molar-refractivity contribution in [1.82, 2.24) is 5.32 Å². The first-order valence-corrected chi connectivity index (χ1v) is 23.4. The van der Waals surface area contributed by atoms with Crippen LogP contribution < -0.4 is 10.2 Å². The van der Waals surface area contributed by atoms with E-state index in [1.807, 2.05) is 21.1 Å². The van der Waals surface area contributed by atoms with Crippen molar-refractivity contribution >= 4 is 13.7 Å². The van der Waals surface area contributed by atoms with Gasteiger partial charge in [-0.15, -0.1) is 0 Å². The van der Waals surface area contributed by atoms with Crippen molar-refractivity contribution in [2.45, 2.75) is 167 Å². The molecule has 0 aromatic rings. The molecular formula is C47H83N2O6P. The summed E-state index contributed by atoms with van der Waals surface area (Å²) in [6.07, 6.45) is 51.7. The lowest BCUT2D eigenvalue weighted by atomic mass is 10.0. The van der Waals surface area contributed by atoms with E-state index in [-0.39, 0.29) is 19.1 Å². The third-order valence-electron chi connectivity index (χ3n) is 9.15. The molecule has 1 amide bonds. The molecule has 8 nitrogen and oxygen atoms in total. The van der Waals surface area contributed by atoms with Crippen LogP contribution >= 0.6 is 7.82 Å². The van der Waals surface area contributed by atoms with E-state index in [9.17, 15) is 19.4 Å². The first kappa shape index (κ1) is 53.7. The monoisotopic (exact) mass is 803 g/mol. The van der Waals surface area contributed by atoms with Gasteiger partial charge in [0.25, 0.3) is 7.82 Å². The van der Waals surface area contributed by atoms with E-state index >= 15 is 0 Å². The van der Waals surface area contributed by atoms with Crippen LogP contribution in [0.1, 0.15) is 155 Å². The van der Waals surface area contributed by atoms with E-state index in [2.05, 4.69) is 104 Å². The number of unbranched alkanes of at least 4 members (excludes halogenated alkanes) is 11. The van der Waals surface area contributed by atoms with Crippen LogP contribution in [0, 0.1) is 0 Å². The number of nitrogens with zero attached hydrogens (tertiary/aromatic N) is 1. The van der Waals surface area contributed by atoms with Crippen LogP contribution in [0.25, 0.3) is 0 Å². The molecule has 3 atom stereocenters. The second kappa shape index (κ2) is 38.2. The average Bonchev–Trinajstić information content (AvgIpc) is 3.15. The molecule has 0 aromatic heterocycles. The summed E-state index contributed by atoms with van der Waals surface area (Å²) in [7, 11) is 1.26. The zero-order valence-corrected chi connectivity index (χ0v) is 37.2. The van der Waals surface area contributed by atoms with Crippen molar-refractivity contribution in [2.24, 2.45) is 0 Å². The third-order valence-corrected chi connectivity index (χ3v) is 10.1. The second-order valence-corrected chi connectivity index (χ2v) is 17.1. The number of phosphoric acid groups is 1. The molecule has 0 heterocycles. The van der Waals surface area contributed by atoms with Gasteiger partial charge in [-0.1, -0.05) is 163 Å². The molecule has 0 aliphatic rings. The van der Waals surface area contributed by atoms with Crippen molar-refractivity contribution in [3.05, 3.63) is 85.1 Å². The fraction of sp³-hybridized carbons (Fsp3) is 0.681. The Hall–Kier alpha value is -2.32. The predicted octanol–water partition coefficient (Wildman–Crippen LogP) is 11.6. The SMILES string of the molecule is CC/C=C\C/C=C\C/C=C\C/C=C\C/C=C\C/C=C\C/C=C\CCCCCC(=O)NC(COP(=O)([O-])OCC[N+](C)(C)C)C(O)CCCCCCCCCCC. The van der Waals surface area contributed by atoms with Crippen molar-refractivity contribution < 1.29 is 32.9 Å². The van der Waals surface area contributed by atoms with Crippen LogP contribution in [0.15, 0.2) is 85.1 Å². The summed E-state index contributed by atoms with van der Waals surface area (Å²) in [5, 5.41) is 13.8. The maximum Gasteiger partial charge on any atom is 0.268 e. The first-order valence-electron chi connectivity index (χ1n) is 21.9. The summed E-state index contributed by atoms with van der Waals surface area (Å²) >= 11 is 0. The maximum absolute atomic E-state index is 12.8. The van der Waals surface area contributed by atoms with Crippen LogP contribution in [0.5, 0.6) is 0 Å². The summed E-state index contributed by atoms with van der Waals surface area (Å²) in [6.45, 7) is 4.52. The van der Waals surface area contributed by atoms with Gasteiger partial charge in [0.1, 0.15) is 13.2 Å². The quantitative estimate of drug-likeness (QED) is 0.0279. The van der Waals surface area contributed by atoms with Crippen LogP contribution in [-0.2, 0) is 18.4 Å². The Balaban J connectivity index is 4.35. The van der Waals surface area contributed by atoms with Crippen LogP contribution in [0.3, 0.4) is 0 Å². The fourth-order valence-electron chi connectivity index (χ4n) is 5.66. The molecule has 0 rings (SSSR count). The molecule has 3 unspecified atom stereocenters. The summed E-state index contributed by atoms with van der Waals surface area (Å²) < 4.78 is 23.2. The summed E-state index contributed by atoms with van der Waals surface area (Å²) in [5.41, 5.74) is 0. The number of quaternary nitrogens is 1. The first-order chi connectivity index (χ1) is 27.0. The lowest BCUT2D eigenvalue weighted by Gasteiger charge is -2.30. The number of nitrogens with one attached hydrogen (secondary N) is 1. The highest BCUT2D eigenvalue weighted by Crippen LogP contribution is 2.38. The largest absolute Gasteiger partial charge is 0.756 e.